The van der Waals surface area contributed by atoms with Crippen molar-refractivity contribution >= 4 is 28.9 Å². The summed E-state index contributed by atoms with van der Waals surface area (Å²) in [5.41, 5.74) is 0.131. The van der Waals surface area contributed by atoms with Crippen molar-refractivity contribution in [1.29, 1.82) is 0 Å². The largest absolute Gasteiger partial charge is 0.497 e. The Kier molecular flexibility index (Phi) is 6.55. The molecule has 1 aromatic carbocycles. The van der Waals surface area contributed by atoms with Gasteiger partial charge >= 0.3 is 11.9 Å². The Balaban J connectivity index is 0.00000225. The monoisotopic (exact) mass is 415 g/mol. The number of benzene rings is 1. The van der Waals surface area contributed by atoms with E-state index in [1.165, 1.54) is 31.4 Å². The van der Waals surface area contributed by atoms with Crippen molar-refractivity contribution in [1.82, 2.24) is 5.32 Å². The maximum absolute atomic E-state index is 14.2. The van der Waals surface area contributed by atoms with Crippen LogP contribution in [0.25, 0.3) is 0 Å². The Morgan fingerprint density at radius 2 is 2.16 bits per heavy atom. The Labute approximate surface area is 155 Å². The van der Waals surface area contributed by atoms with Crippen LogP contribution in [0.4, 0.5) is 4.39 Å². The molecule has 2 unspecified atom stereocenters. The zero-order chi connectivity index (χ0) is 17.1. The third-order valence-corrected chi connectivity index (χ3v) is 4.09. The summed E-state index contributed by atoms with van der Waals surface area (Å²) in [5, 5.41) is 3.03. The molecule has 0 saturated carbocycles. The quantitative estimate of drug-likeness (QED) is 0.743. The molecular formula is C17H19BrFNO5. The summed E-state index contributed by atoms with van der Waals surface area (Å²) in [6.07, 6.45) is 0.565. The van der Waals surface area contributed by atoms with Crippen molar-refractivity contribution in [2.24, 2.45) is 0 Å². The van der Waals surface area contributed by atoms with E-state index >= 15 is 0 Å². The van der Waals surface area contributed by atoms with Gasteiger partial charge in [0.2, 0.25) is 0 Å². The summed E-state index contributed by atoms with van der Waals surface area (Å²) in [6, 6.07) is 5.47. The zero-order valence-electron chi connectivity index (χ0n) is 13.6. The van der Waals surface area contributed by atoms with E-state index in [9.17, 15) is 14.0 Å². The van der Waals surface area contributed by atoms with Gasteiger partial charge < -0.3 is 19.5 Å². The third kappa shape index (κ3) is 4.19. The average Bonchev–Trinajstić information content (AvgIpc) is 3.22. The number of hydrogen-bond acceptors (Lipinski definition) is 6. The Morgan fingerprint density at radius 3 is 2.80 bits per heavy atom. The van der Waals surface area contributed by atoms with E-state index in [2.05, 4.69) is 5.32 Å². The molecule has 6 nitrogen and oxygen atoms in total. The first kappa shape index (κ1) is 19.4. The average molecular weight is 416 g/mol. The first-order valence-electron chi connectivity index (χ1n) is 7.74. The molecule has 1 N–H and O–H groups in total. The normalized spacial score (nSPS) is 23.3. The fourth-order valence-corrected chi connectivity index (χ4v) is 2.89. The van der Waals surface area contributed by atoms with Crippen molar-refractivity contribution in [2.75, 3.05) is 13.7 Å². The lowest BCUT2D eigenvalue weighted by atomic mass is 10.0. The first-order chi connectivity index (χ1) is 11.6. The fraction of sp³-hybridized carbons (Fsp3) is 0.412. The van der Waals surface area contributed by atoms with Crippen molar-refractivity contribution in [3.63, 3.8) is 0 Å². The number of hydrogen-bond donors (Lipinski definition) is 1. The van der Waals surface area contributed by atoms with Crippen LogP contribution in [0.5, 0.6) is 0 Å². The second-order valence-electron chi connectivity index (χ2n) is 5.64. The Hall–Kier alpha value is -1.93. The van der Waals surface area contributed by atoms with E-state index in [-0.39, 0.29) is 28.3 Å². The summed E-state index contributed by atoms with van der Waals surface area (Å²) >= 11 is 0. The maximum Gasteiger partial charge on any atom is 0.335 e. The molecule has 2 heterocycles. The van der Waals surface area contributed by atoms with Gasteiger partial charge in [0.15, 0.2) is 12.2 Å². The Morgan fingerprint density at radius 1 is 1.40 bits per heavy atom. The van der Waals surface area contributed by atoms with E-state index in [4.69, 9.17) is 14.2 Å². The smallest absolute Gasteiger partial charge is 0.335 e. The van der Waals surface area contributed by atoms with Crippen LogP contribution >= 0.6 is 17.0 Å². The number of carbonyl (C=O) groups excluding carboxylic acids is 2. The number of esters is 2. The number of cyclic esters (lactones) is 1. The minimum Gasteiger partial charge on any atom is -0.497 e. The zero-order valence-corrected chi connectivity index (χ0v) is 15.3. The molecular weight excluding hydrogens is 397 g/mol. The molecule has 0 aliphatic carbocycles. The summed E-state index contributed by atoms with van der Waals surface area (Å²) < 4.78 is 30.1. The molecule has 3 atom stereocenters. The van der Waals surface area contributed by atoms with Crippen molar-refractivity contribution in [2.45, 2.75) is 31.1 Å². The summed E-state index contributed by atoms with van der Waals surface area (Å²) in [7, 11) is 1.37. The minimum atomic E-state index is -1.11. The van der Waals surface area contributed by atoms with Gasteiger partial charge in [-0.2, -0.15) is 0 Å². The molecule has 0 bridgehead atoms. The molecule has 1 fully saturated rings. The van der Waals surface area contributed by atoms with Gasteiger partial charge in [-0.05, 0) is 25.5 Å². The van der Waals surface area contributed by atoms with E-state index in [1.54, 1.807) is 6.07 Å². The number of halogens is 2. The fourth-order valence-electron chi connectivity index (χ4n) is 2.89. The molecule has 1 saturated heterocycles. The van der Waals surface area contributed by atoms with E-state index in [0.29, 0.717) is 6.42 Å². The van der Waals surface area contributed by atoms with Crippen molar-refractivity contribution in [3.8, 4) is 0 Å². The predicted molar refractivity (Wildman–Crippen MR) is 91.6 cm³/mol. The summed E-state index contributed by atoms with van der Waals surface area (Å²) in [5.74, 6) is -1.47. The molecule has 0 radical (unpaired) electrons. The SMILES string of the molecule is Br.COC1=CC(=O)OC1C(OC(=O)[C@@H]1CCCN1)c1ccccc1F. The molecule has 0 spiro atoms. The van der Waals surface area contributed by atoms with Gasteiger partial charge in [-0.3, -0.25) is 4.79 Å². The van der Waals surface area contributed by atoms with Crippen LogP contribution in [0, 0.1) is 5.82 Å². The van der Waals surface area contributed by atoms with Gasteiger partial charge in [-0.1, -0.05) is 18.2 Å². The number of carbonyl (C=O) groups is 2. The van der Waals surface area contributed by atoms with Crippen molar-refractivity contribution in [3.05, 3.63) is 47.5 Å². The van der Waals surface area contributed by atoms with Gasteiger partial charge in [0.05, 0.1) is 13.2 Å². The lowest BCUT2D eigenvalue weighted by molar-refractivity contribution is -0.164. The second kappa shape index (κ2) is 8.44. The molecule has 0 amide bonds. The highest BCUT2D eigenvalue weighted by Crippen LogP contribution is 2.34. The Bertz CT molecular complexity index is 675. The topological polar surface area (TPSA) is 73.9 Å². The van der Waals surface area contributed by atoms with Crippen molar-refractivity contribution < 1.29 is 28.2 Å². The highest BCUT2D eigenvalue weighted by atomic mass is 79.9. The molecule has 136 valence electrons. The van der Waals surface area contributed by atoms with Gasteiger partial charge in [-0.15, -0.1) is 17.0 Å². The molecule has 8 heteroatoms. The molecule has 2 aliphatic rings. The first-order valence-corrected chi connectivity index (χ1v) is 7.74. The molecule has 1 aromatic rings. The number of rotatable bonds is 5. The summed E-state index contributed by atoms with van der Waals surface area (Å²) in [6.45, 7) is 0.728. The molecule has 0 aromatic heterocycles. The van der Waals surface area contributed by atoms with Crippen LogP contribution < -0.4 is 5.32 Å². The van der Waals surface area contributed by atoms with Gasteiger partial charge in [-0.25, -0.2) is 9.18 Å². The minimum absolute atomic E-state index is 0. The number of ether oxygens (including phenoxy) is 3. The maximum atomic E-state index is 14.2. The van der Waals surface area contributed by atoms with Crippen LogP contribution in [0.2, 0.25) is 0 Å². The van der Waals surface area contributed by atoms with Gasteiger partial charge in [0.1, 0.15) is 17.6 Å². The highest BCUT2D eigenvalue weighted by Gasteiger charge is 2.40. The van der Waals surface area contributed by atoms with Crippen LogP contribution in [0.15, 0.2) is 36.1 Å². The lowest BCUT2D eigenvalue weighted by Crippen LogP contribution is -2.36. The summed E-state index contributed by atoms with van der Waals surface area (Å²) in [4.78, 5) is 23.9. The van der Waals surface area contributed by atoms with E-state index < -0.39 is 36.0 Å². The lowest BCUT2D eigenvalue weighted by Gasteiger charge is -2.26. The predicted octanol–water partition coefficient (Wildman–Crippen LogP) is 2.20. The van der Waals surface area contributed by atoms with Crippen LogP contribution in [-0.4, -0.2) is 37.7 Å². The van der Waals surface area contributed by atoms with Gasteiger partial charge in [0.25, 0.3) is 0 Å². The highest BCUT2D eigenvalue weighted by molar-refractivity contribution is 8.93. The van der Waals surface area contributed by atoms with Crippen LogP contribution in [0.3, 0.4) is 0 Å². The number of methoxy groups -OCH3 is 1. The molecule has 3 rings (SSSR count). The van der Waals surface area contributed by atoms with Crippen LogP contribution in [-0.2, 0) is 23.8 Å². The van der Waals surface area contributed by atoms with E-state index in [1.807, 2.05) is 0 Å². The van der Waals surface area contributed by atoms with Crippen LogP contribution in [0.1, 0.15) is 24.5 Å². The van der Waals surface area contributed by atoms with Gasteiger partial charge in [0, 0.05) is 5.56 Å². The standard InChI is InChI=1S/C17H18FNO5.BrH/c1-22-13-9-14(20)23-16(13)15(10-5-2-3-6-11(10)18)24-17(21)12-7-4-8-19-12;/h2-3,5-6,9,12,15-16,19H,4,7-8H2,1H3;1H/t12-,15?,16?;/m0./s1. The molecule has 25 heavy (non-hydrogen) atoms. The third-order valence-electron chi connectivity index (χ3n) is 4.09. The second-order valence-corrected chi connectivity index (χ2v) is 5.64. The van der Waals surface area contributed by atoms with E-state index in [0.717, 1.165) is 13.0 Å². The molecule has 2 aliphatic heterocycles. The number of nitrogens with one attached hydrogen (secondary N) is 1.